The van der Waals surface area contributed by atoms with E-state index in [1.54, 1.807) is 18.1 Å². The Labute approximate surface area is 135 Å². The highest BCUT2D eigenvalue weighted by molar-refractivity contribution is 8.00. The minimum absolute atomic E-state index is 0.441. The Bertz CT molecular complexity index is 595. The third kappa shape index (κ3) is 5.07. The van der Waals surface area contributed by atoms with E-state index in [1.165, 1.54) is 4.90 Å². The number of guanidine groups is 1. The molecule has 0 bridgehead atoms. The third-order valence-electron chi connectivity index (χ3n) is 3.08. The fourth-order valence-corrected chi connectivity index (χ4v) is 2.82. The zero-order chi connectivity index (χ0) is 15.8. The quantitative estimate of drug-likeness (QED) is 0.482. The molecule has 7 heteroatoms. The molecule has 0 saturated heterocycles. The number of aromatic nitrogens is 3. The summed E-state index contributed by atoms with van der Waals surface area (Å²) in [5.74, 6) is 1.64. The largest absolute Gasteiger partial charge is 0.355 e. The van der Waals surface area contributed by atoms with Crippen LogP contribution in [0.15, 0.2) is 46.5 Å². The summed E-state index contributed by atoms with van der Waals surface area (Å²) in [5, 5.41) is 11.1. The van der Waals surface area contributed by atoms with Gasteiger partial charge in [-0.15, -0.1) is 11.8 Å². The van der Waals surface area contributed by atoms with Gasteiger partial charge in [0.1, 0.15) is 12.2 Å². The first-order valence-electron chi connectivity index (χ1n) is 7.18. The Morgan fingerprint density at radius 2 is 2.09 bits per heavy atom. The van der Waals surface area contributed by atoms with Crippen LogP contribution in [0.25, 0.3) is 0 Å². The molecule has 0 aliphatic rings. The standard InChI is InChI=1S/C15H22N6S/c1-12(22-13-7-5-4-6-8-13)9-17-15(16-2)18-10-14-19-11-20-21(14)3/h4-8,11-12H,9-10H2,1-3H3,(H2,16,17,18). The Hall–Kier alpha value is -2.02. The first-order chi connectivity index (χ1) is 10.7. The van der Waals surface area contributed by atoms with Gasteiger partial charge in [-0.05, 0) is 12.1 Å². The van der Waals surface area contributed by atoms with E-state index >= 15 is 0 Å². The number of aryl methyl sites for hydroxylation is 1. The molecule has 2 rings (SSSR count). The number of hydrogen-bond donors (Lipinski definition) is 2. The zero-order valence-electron chi connectivity index (χ0n) is 13.2. The van der Waals surface area contributed by atoms with Gasteiger partial charge in [0.25, 0.3) is 0 Å². The van der Waals surface area contributed by atoms with Crippen LogP contribution < -0.4 is 10.6 Å². The van der Waals surface area contributed by atoms with Crippen LogP contribution in [0.1, 0.15) is 12.7 Å². The number of nitrogens with zero attached hydrogens (tertiary/aromatic N) is 4. The number of nitrogens with one attached hydrogen (secondary N) is 2. The van der Waals surface area contributed by atoms with Crippen LogP contribution in [0.4, 0.5) is 0 Å². The predicted molar refractivity (Wildman–Crippen MR) is 91.0 cm³/mol. The van der Waals surface area contributed by atoms with Crippen molar-refractivity contribution in [3.8, 4) is 0 Å². The molecule has 0 radical (unpaired) electrons. The van der Waals surface area contributed by atoms with Gasteiger partial charge in [-0.25, -0.2) is 4.98 Å². The highest BCUT2D eigenvalue weighted by Crippen LogP contribution is 2.21. The fraction of sp³-hybridized carbons (Fsp3) is 0.400. The summed E-state index contributed by atoms with van der Waals surface area (Å²) in [6.07, 6.45) is 1.55. The van der Waals surface area contributed by atoms with Gasteiger partial charge in [0.2, 0.25) is 0 Å². The molecule has 1 unspecified atom stereocenters. The average Bonchev–Trinajstić information content (AvgIpc) is 2.94. The van der Waals surface area contributed by atoms with Crippen molar-refractivity contribution >= 4 is 17.7 Å². The summed E-state index contributed by atoms with van der Waals surface area (Å²) in [5.41, 5.74) is 0. The number of thioether (sulfide) groups is 1. The molecule has 118 valence electrons. The van der Waals surface area contributed by atoms with E-state index in [4.69, 9.17) is 0 Å². The van der Waals surface area contributed by atoms with Crippen LogP contribution in [0.2, 0.25) is 0 Å². The smallest absolute Gasteiger partial charge is 0.191 e. The van der Waals surface area contributed by atoms with Crippen molar-refractivity contribution < 1.29 is 0 Å². The summed E-state index contributed by atoms with van der Waals surface area (Å²) < 4.78 is 1.74. The third-order valence-corrected chi connectivity index (χ3v) is 4.19. The summed E-state index contributed by atoms with van der Waals surface area (Å²) in [4.78, 5) is 9.68. The molecule has 1 aromatic heterocycles. The maximum atomic E-state index is 4.22. The van der Waals surface area contributed by atoms with Gasteiger partial charge in [0.15, 0.2) is 5.96 Å². The minimum atomic E-state index is 0.441. The molecule has 0 aliphatic heterocycles. The van der Waals surface area contributed by atoms with Crippen molar-refractivity contribution in [3.63, 3.8) is 0 Å². The molecule has 1 atom stereocenters. The highest BCUT2D eigenvalue weighted by Gasteiger charge is 2.07. The van der Waals surface area contributed by atoms with Crippen LogP contribution in [0.3, 0.4) is 0 Å². The van der Waals surface area contributed by atoms with Crippen molar-refractivity contribution in [1.29, 1.82) is 0 Å². The average molecular weight is 318 g/mol. The van der Waals surface area contributed by atoms with Crippen LogP contribution in [0.5, 0.6) is 0 Å². The Balaban J connectivity index is 1.75. The van der Waals surface area contributed by atoms with Crippen LogP contribution in [-0.4, -0.2) is 39.6 Å². The topological polar surface area (TPSA) is 67.1 Å². The molecular formula is C15H22N6S. The van der Waals surface area contributed by atoms with E-state index in [-0.39, 0.29) is 0 Å². The molecule has 0 aliphatic carbocycles. The van der Waals surface area contributed by atoms with E-state index in [9.17, 15) is 0 Å². The first kappa shape index (κ1) is 16.4. The maximum Gasteiger partial charge on any atom is 0.191 e. The molecule has 0 fully saturated rings. The van der Waals surface area contributed by atoms with Gasteiger partial charge in [-0.1, -0.05) is 25.1 Å². The highest BCUT2D eigenvalue weighted by atomic mass is 32.2. The van der Waals surface area contributed by atoms with E-state index in [0.29, 0.717) is 11.8 Å². The van der Waals surface area contributed by atoms with Crippen molar-refractivity contribution in [2.45, 2.75) is 23.6 Å². The lowest BCUT2D eigenvalue weighted by Gasteiger charge is -2.15. The molecular weight excluding hydrogens is 296 g/mol. The van der Waals surface area contributed by atoms with Crippen molar-refractivity contribution in [2.24, 2.45) is 12.0 Å². The molecule has 6 nitrogen and oxygen atoms in total. The van der Waals surface area contributed by atoms with E-state index in [1.807, 2.05) is 24.9 Å². The minimum Gasteiger partial charge on any atom is -0.355 e. The van der Waals surface area contributed by atoms with Gasteiger partial charge < -0.3 is 10.6 Å². The molecule has 2 N–H and O–H groups in total. The molecule has 0 saturated carbocycles. The number of rotatable bonds is 6. The second kappa shape index (κ2) is 8.43. The summed E-state index contributed by atoms with van der Waals surface area (Å²) in [7, 11) is 3.64. The molecule has 2 aromatic rings. The summed E-state index contributed by atoms with van der Waals surface area (Å²) >= 11 is 1.84. The second-order valence-corrected chi connectivity index (χ2v) is 6.36. The second-order valence-electron chi connectivity index (χ2n) is 4.85. The van der Waals surface area contributed by atoms with E-state index in [0.717, 1.165) is 18.3 Å². The molecule has 1 aromatic carbocycles. The summed E-state index contributed by atoms with van der Waals surface area (Å²) in [6.45, 7) is 3.62. The lowest BCUT2D eigenvalue weighted by molar-refractivity contribution is 0.672. The maximum absolute atomic E-state index is 4.22. The van der Waals surface area contributed by atoms with Gasteiger partial charge in [0.05, 0.1) is 6.54 Å². The molecule has 0 amide bonds. The lowest BCUT2D eigenvalue weighted by Crippen LogP contribution is -2.40. The van der Waals surface area contributed by atoms with Crippen LogP contribution in [0, 0.1) is 0 Å². The predicted octanol–water partition coefficient (Wildman–Crippen LogP) is 1.66. The normalized spacial score (nSPS) is 13.0. The Morgan fingerprint density at radius 1 is 1.32 bits per heavy atom. The van der Waals surface area contributed by atoms with Gasteiger partial charge in [0, 0.05) is 30.8 Å². The Kier molecular flexibility index (Phi) is 6.27. The number of aliphatic imine (C=N–C) groups is 1. The van der Waals surface area contributed by atoms with E-state index in [2.05, 4.69) is 56.9 Å². The van der Waals surface area contributed by atoms with Crippen molar-refractivity contribution in [3.05, 3.63) is 42.5 Å². The first-order valence-corrected chi connectivity index (χ1v) is 8.06. The SMILES string of the molecule is CN=C(NCc1ncnn1C)NCC(C)Sc1ccccc1. The van der Waals surface area contributed by atoms with Crippen molar-refractivity contribution in [1.82, 2.24) is 25.4 Å². The van der Waals surface area contributed by atoms with Gasteiger partial charge in [-0.3, -0.25) is 9.67 Å². The van der Waals surface area contributed by atoms with Gasteiger partial charge in [-0.2, -0.15) is 5.10 Å². The summed E-state index contributed by atoms with van der Waals surface area (Å²) in [6, 6.07) is 10.4. The molecule has 22 heavy (non-hydrogen) atoms. The number of hydrogen-bond acceptors (Lipinski definition) is 4. The molecule has 1 heterocycles. The van der Waals surface area contributed by atoms with Crippen LogP contribution in [-0.2, 0) is 13.6 Å². The monoisotopic (exact) mass is 318 g/mol. The van der Waals surface area contributed by atoms with Gasteiger partial charge >= 0.3 is 0 Å². The number of benzene rings is 1. The van der Waals surface area contributed by atoms with Crippen LogP contribution >= 0.6 is 11.8 Å². The zero-order valence-corrected chi connectivity index (χ0v) is 14.0. The van der Waals surface area contributed by atoms with Crippen molar-refractivity contribution in [2.75, 3.05) is 13.6 Å². The lowest BCUT2D eigenvalue weighted by atomic mass is 10.4. The fourth-order valence-electron chi connectivity index (χ4n) is 1.88. The Morgan fingerprint density at radius 3 is 2.73 bits per heavy atom. The molecule has 0 spiro atoms. The van der Waals surface area contributed by atoms with E-state index < -0.39 is 0 Å².